The van der Waals surface area contributed by atoms with Crippen LogP contribution in [-0.4, -0.2) is 17.7 Å². The molecule has 0 aliphatic heterocycles. The van der Waals surface area contributed by atoms with E-state index in [9.17, 15) is 4.79 Å². The zero-order valence-corrected chi connectivity index (χ0v) is 9.35. The summed E-state index contributed by atoms with van der Waals surface area (Å²) in [5, 5.41) is 8.86. The molecule has 86 valence electrons. The number of rotatable bonds is 5. The normalized spacial score (nSPS) is 22.8. The quantitative estimate of drug-likeness (QED) is 0.829. The molecule has 0 spiro atoms. The third-order valence-corrected chi connectivity index (χ3v) is 2.87. The first-order valence-corrected chi connectivity index (χ1v) is 5.68. The fourth-order valence-corrected chi connectivity index (χ4v) is 1.89. The maximum atomic E-state index is 10.8. The average Bonchev–Trinajstić information content (AvgIpc) is 3.07. The summed E-state index contributed by atoms with van der Waals surface area (Å²) in [6.07, 6.45) is 1.73. The van der Waals surface area contributed by atoms with Crippen LogP contribution in [0.4, 0.5) is 0 Å². The van der Waals surface area contributed by atoms with Gasteiger partial charge in [-0.25, -0.2) is 0 Å². The first-order chi connectivity index (χ1) is 7.72. The maximum absolute atomic E-state index is 10.8. The molecule has 0 radical (unpaired) electrons. The molecule has 1 aliphatic carbocycles. The van der Waals surface area contributed by atoms with E-state index in [2.05, 4.69) is 6.92 Å². The molecule has 1 fully saturated rings. The van der Waals surface area contributed by atoms with E-state index >= 15 is 0 Å². The van der Waals surface area contributed by atoms with Crippen molar-refractivity contribution in [3.8, 4) is 5.75 Å². The second-order valence-electron chi connectivity index (χ2n) is 4.21. The minimum Gasteiger partial charge on any atom is -0.494 e. The zero-order valence-electron chi connectivity index (χ0n) is 9.35. The van der Waals surface area contributed by atoms with Gasteiger partial charge in [-0.3, -0.25) is 4.79 Å². The highest BCUT2D eigenvalue weighted by molar-refractivity contribution is 5.75. The highest BCUT2D eigenvalue weighted by Crippen LogP contribution is 2.48. The molecule has 2 unspecified atom stereocenters. The molecule has 0 bridgehead atoms. The van der Waals surface area contributed by atoms with Gasteiger partial charge in [-0.1, -0.05) is 19.1 Å². The maximum Gasteiger partial charge on any atom is 0.307 e. The van der Waals surface area contributed by atoms with Crippen molar-refractivity contribution in [3.05, 3.63) is 29.8 Å². The molecule has 0 heterocycles. The lowest BCUT2D eigenvalue weighted by Gasteiger charge is -2.06. The van der Waals surface area contributed by atoms with Crippen LogP contribution < -0.4 is 4.74 Å². The van der Waals surface area contributed by atoms with Crippen LogP contribution in [0.25, 0.3) is 0 Å². The minimum atomic E-state index is -0.690. The van der Waals surface area contributed by atoms with E-state index in [1.165, 1.54) is 0 Å². The Kier molecular flexibility index (Phi) is 3.13. The Morgan fingerprint density at radius 2 is 2.38 bits per heavy atom. The zero-order chi connectivity index (χ0) is 11.5. The van der Waals surface area contributed by atoms with Gasteiger partial charge in [0.25, 0.3) is 0 Å². The van der Waals surface area contributed by atoms with Crippen molar-refractivity contribution >= 4 is 5.97 Å². The Labute approximate surface area is 95.0 Å². The lowest BCUT2D eigenvalue weighted by Crippen LogP contribution is -1.99. The number of ether oxygens (including phenoxy) is 1. The van der Waals surface area contributed by atoms with E-state index < -0.39 is 5.97 Å². The van der Waals surface area contributed by atoms with Crippen molar-refractivity contribution in [2.24, 2.45) is 5.92 Å². The molecule has 0 amide bonds. The molecule has 3 nitrogen and oxygen atoms in total. The largest absolute Gasteiger partial charge is 0.494 e. The number of carbonyl (C=O) groups is 1. The van der Waals surface area contributed by atoms with Gasteiger partial charge in [0.15, 0.2) is 0 Å². The standard InChI is InChI=1S/C13H16O3/c1-2-6-16-10-5-3-4-9(7-10)11-8-12(11)13(14)15/h3-5,7,11-12H,2,6,8H2,1H3,(H,14,15). The Morgan fingerprint density at radius 1 is 1.56 bits per heavy atom. The van der Waals surface area contributed by atoms with E-state index in [0.29, 0.717) is 6.61 Å². The smallest absolute Gasteiger partial charge is 0.307 e. The topological polar surface area (TPSA) is 46.5 Å². The molecular weight excluding hydrogens is 204 g/mol. The van der Waals surface area contributed by atoms with Gasteiger partial charge in [-0.2, -0.15) is 0 Å². The van der Waals surface area contributed by atoms with E-state index in [-0.39, 0.29) is 11.8 Å². The number of carboxylic acid groups (broad SMARTS) is 1. The third-order valence-electron chi connectivity index (χ3n) is 2.87. The highest BCUT2D eigenvalue weighted by atomic mass is 16.5. The van der Waals surface area contributed by atoms with Crippen LogP contribution in [0.15, 0.2) is 24.3 Å². The van der Waals surface area contributed by atoms with Crippen molar-refractivity contribution < 1.29 is 14.6 Å². The molecule has 16 heavy (non-hydrogen) atoms. The predicted octanol–water partition coefficient (Wildman–Crippen LogP) is 2.66. The first-order valence-electron chi connectivity index (χ1n) is 5.68. The lowest BCUT2D eigenvalue weighted by atomic mass is 10.1. The first kappa shape index (κ1) is 11.0. The summed E-state index contributed by atoms with van der Waals surface area (Å²) >= 11 is 0. The second-order valence-corrected chi connectivity index (χ2v) is 4.21. The van der Waals surface area contributed by atoms with Crippen molar-refractivity contribution in [3.63, 3.8) is 0 Å². The monoisotopic (exact) mass is 220 g/mol. The Balaban J connectivity index is 2.03. The van der Waals surface area contributed by atoms with Gasteiger partial charge in [0.05, 0.1) is 12.5 Å². The van der Waals surface area contributed by atoms with Gasteiger partial charge >= 0.3 is 5.97 Å². The van der Waals surface area contributed by atoms with Gasteiger partial charge in [-0.05, 0) is 36.5 Å². The van der Waals surface area contributed by atoms with Crippen LogP contribution in [0.1, 0.15) is 31.2 Å². The van der Waals surface area contributed by atoms with Gasteiger partial charge in [0.1, 0.15) is 5.75 Å². The van der Waals surface area contributed by atoms with Gasteiger partial charge in [0.2, 0.25) is 0 Å². The molecular formula is C13H16O3. The molecule has 0 aromatic heterocycles. The third kappa shape index (κ3) is 2.35. The van der Waals surface area contributed by atoms with Crippen LogP contribution in [0.5, 0.6) is 5.75 Å². The fourth-order valence-electron chi connectivity index (χ4n) is 1.89. The van der Waals surface area contributed by atoms with Gasteiger partial charge < -0.3 is 9.84 Å². The van der Waals surface area contributed by atoms with Crippen molar-refractivity contribution in [2.75, 3.05) is 6.61 Å². The van der Waals surface area contributed by atoms with Crippen molar-refractivity contribution in [1.29, 1.82) is 0 Å². The van der Waals surface area contributed by atoms with Crippen LogP contribution in [0.3, 0.4) is 0 Å². The van der Waals surface area contributed by atoms with Crippen LogP contribution in [-0.2, 0) is 4.79 Å². The molecule has 1 N–H and O–H groups in total. The SMILES string of the molecule is CCCOc1cccc(C2CC2C(=O)O)c1. The Morgan fingerprint density at radius 3 is 3.00 bits per heavy atom. The van der Waals surface area contributed by atoms with Gasteiger partial charge in [0, 0.05) is 0 Å². The molecule has 2 atom stereocenters. The van der Waals surface area contributed by atoms with Crippen LogP contribution in [0.2, 0.25) is 0 Å². The van der Waals surface area contributed by atoms with E-state index in [1.54, 1.807) is 0 Å². The molecule has 1 aliphatic rings. The second kappa shape index (κ2) is 4.56. The summed E-state index contributed by atoms with van der Waals surface area (Å²) in [5.41, 5.74) is 1.08. The summed E-state index contributed by atoms with van der Waals surface area (Å²) in [6, 6.07) is 7.78. The van der Waals surface area contributed by atoms with E-state index in [0.717, 1.165) is 24.2 Å². The molecule has 0 saturated heterocycles. The average molecular weight is 220 g/mol. The minimum absolute atomic E-state index is 0.183. The summed E-state index contributed by atoms with van der Waals surface area (Å²) in [6.45, 7) is 2.77. The Hall–Kier alpha value is -1.51. The number of benzene rings is 1. The summed E-state index contributed by atoms with van der Waals surface area (Å²) < 4.78 is 5.52. The number of hydrogen-bond donors (Lipinski definition) is 1. The van der Waals surface area contributed by atoms with Crippen LogP contribution >= 0.6 is 0 Å². The van der Waals surface area contributed by atoms with Crippen molar-refractivity contribution in [2.45, 2.75) is 25.7 Å². The Bertz CT molecular complexity index is 387. The van der Waals surface area contributed by atoms with E-state index in [4.69, 9.17) is 9.84 Å². The summed E-state index contributed by atoms with van der Waals surface area (Å²) in [4.78, 5) is 10.8. The molecule has 2 rings (SSSR count). The van der Waals surface area contributed by atoms with Gasteiger partial charge in [-0.15, -0.1) is 0 Å². The number of aliphatic carboxylic acids is 1. The van der Waals surface area contributed by atoms with Crippen LogP contribution in [0, 0.1) is 5.92 Å². The summed E-state index contributed by atoms with van der Waals surface area (Å²) in [5.74, 6) is 0.143. The highest BCUT2D eigenvalue weighted by Gasteiger charge is 2.44. The fraction of sp³-hybridized carbons (Fsp3) is 0.462. The molecule has 3 heteroatoms. The molecule has 1 aromatic rings. The summed E-state index contributed by atoms with van der Waals surface area (Å²) in [7, 11) is 0. The number of carboxylic acids is 1. The lowest BCUT2D eigenvalue weighted by molar-refractivity contribution is -0.138. The molecule has 1 aromatic carbocycles. The molecule has 1 saturated carbocycles. The van der Waals surface area contributed by atoms with Crippen molar-refractivity contribution in [1.82, 2.24) is 0 Å². The van der Waals surface area contributed by atoms with E-state index in [1.807, 2.05) is 24.3 Å². The number of hydrogen-bond acceptors (Lipinski definition) is 2. The predicted molar refractivity (Wildman–Crippen MR) is 60.7 cm³/mol.